The monoisotopic (exact) mass is 804 g/mol. The average molecular weight is 805 g/mol. The van der Waals surface area contributed by atoms with Crippen molar-refractivity contribution in [3.8, 4) is 34.2 Å². The van der Waals surface area contributed by atoms with Crippen LogP contribution >= 0.6 is 0 Å². The van der Waals surface area contributed by atoms with Crippen LogP contribution < -0.4 is 16.4 Å². The summed E-state index contributed by atoms with van der Waals surface area (Å²) in [6, 6.07) is 38.9. The number of benzene rings is 7. The standard InChI is InChI=1S/C56H49BN4O/c1-30-16-13-17-31(2)45(30)54-59-48-50-42(29-39-38-27-34(55(3,4)5)28-40(56(6,7)8)51(38)62-52(39)48)57-41-26-33-19-10-12-22-36(33)47-49(41)60(43-24-15-25-44(46(43)57)61(50)54)53(58-47)37-23-14-20-32-18-9-11-21-35(32)37/h9,11,13-18,20-21,23-29H,10,12,19,22H2,1-8H3. The molecule has 0 saturated heterocycles. The van der Waals surface area contributed by atoms with Crippen LogP contribution in [-0.2, 0) is 23.7 Å². The smallest absolute Gasteiger partial charge is 0.252 e. The van der Waals surface area contributed by atoms with E-state index in [2.05, 4.69) is 168 Å². The molecule has 2 aliphatic heterocycles. The first-order chi connectivity index (χ1) is 29.9. The van der Waals surface area contributed by atoms with E-state index in [1.807, 2.05) is 0 Å². The number of furan rings is 1. The van der Waals surface area contributed by atoms with Gasteiger partial charge in [-0.15, -0.1) is 0 Å². The Kier molecular flexibility index (Phi) is 7.11. The molecule has 0 fully saturated rings. The lowest BCUT2D eigenvalue weighted by Gasteiger charge is -2.34. The summed E-state index contributed by atoms with van der Waals surface area (Å²) in [5.41, 5.74) is 22.7. The van der Waals surface area contributed by atoms with Crippen LogP contribution in [0.2, 0.25) is 0 Å². The Morgan fingerprint density at radius 3 is 2.02 bits per heavy atom. The third-order valence-electron chi connectivity index (χ3n) is 14.6. The van der Waals surface area contributed by atoms with Crippen molar-refractivity contribution >= 4 is 77.9 Å². The molecule has 0 spiro atoms. The molecule has 3 aromatic heterocycles. The molecule has 3 aliphatic rings. The molecular weight excluding hydrogens is 755 g/mol. The highest BCUT2D eigenvalue weighted by molar-refractivity contribution is 7.00. The van der Waals surface area contributed by atoms with Gasteiger partial charge < -0.3 is 4.42 Å². The van der Waals surface area contributed by atoms with Crippen molar-refractivity contribution in [2.45, 2.75) is 91.9 Å². The van der Waals surface area contributed by atoms with E-state index in [1.165, 1.54) is 112 Å². The molecule has 0 atom stereocenters. The van der Waals surface area contributed by atoms with E-state index in [0.717, 1.165) is 52.1 Å². The Balaban J connectivity index is 1.23. The lowest BCUT2D eigenvalue weighted by Crippen LogP contribution is -2.59. The SMILES string of the molecule is Cc1cccc(C)c1-c1nc2c3oc4c(C(C)(C)C)cc(C(C)(C)C)cc4c3cc3c2n1-c1cccc2c1B3c1cc3c(c4nc(-c5cccc6ccccc56)n-2c14)CCCC3. The summed E-state index contributed by atoms with van der Waals surface area (Å²) in [7, 11) is 0. The van der Waals surface area contributed by atoms with Gasteiger partial charge in [0.05, 0.1) is 16.6 Å². The van der Waals surface area contributed by atoms with Gasteiger partial charge in [0.15, 0.2) is 5.58 Å². The van der Waals surface area contributed by atoms with Gasteiger partial charge in [0.2, 0.25) is 0 Å². The van der Waals surface area contributed by atoms with Crippen molar-refractivity contribution in [3.05, 3.63) is 137 Å². The number of fused-ring (bicyclic) bond motifs is 11. The van der Waals surface area contributed by atoms with Gasteiger partial charge in [-0.25, -0.2) is 9.97 Å². The fourth-order valence-corrected chi connectivity index (χ4v) is 11.7. The van der Waals surface area contributed by atoms with Gasteiger partial charge in [-0.2, -0.15) is 0 Å². The number of aromatic nitrogens is 4. The van der Waals surface area contributed by atoms with E-state index in [0.29, 0.717) is 0 Å². The van der Waals surface area contributed by atoms with E-state index in [1.54, 1.807) is 0 Å². The number of hydrogen-bond donors (Lipinski definition) is 0. The van der Waals surface area contributed by atoms with E-state index in [9.17, 15) is 0 Å². The Bertz CT molecular complexity index is 3610. The molecule has 5 heterocycles. The predicted octanol–water partition coefficient (Wildman–Crippen LogP) is 12.0. The van der Waals surface area contributed by atoms with Crippen LogP contribution in [0.4, 0.5) is 0 Å². The topological polar surface area (TPSA) is 48.8 Å². The third kappa shape index (κ3) is 4.70. The lowest BCUT2D eigenvalue weighted by molar-refractivity contribution is 0.559. The maximum atomic E-state index is 7.26. The lowest BCUT2D eigenvalue weighted by atomic mass is 9.34. The molecule has 62 heavy (non-hydrogen) atoms. The summed E-state index contributed by atoms with van der Waals surface area (Å²) in [5.74, 6) is 1.98. The van der Waals surface area contributed by atoms with Gasteiger partial charge in [-0.3, -0.25) is 9.13 Å². The van der Waals surface area contributed by atoms with Crippen molar-refractivity contribution in [1.29, 1.82) is 0 Å². The molecule has 5 nitrogen and oxygen atoms in total. The quantitative estimate of drug-likeness (QED) is 0.164. The second-order valence-electron chi connectivity index (χ2n) is 20.5. The molecule has 10 aromatic rings. The number of aryl methyl sites for hydroxylation is 4. The maximum absolute atomic E-state index is 7.26. The highest BCUT2D eigenvalue weighted by atomic mass is 16.3. The van der Waals surface area contributed by atoms with E-state index in [-0.39, 0.29) is 17.5 Å². The molecule has 7 aromatic carbocycles. The van der Waals surface area contributed by atoms with Crippen LogP contribution in [0.15, 0.2) is 108 Å². The molecular formula is C56H49BN4O. The molecule has 1 aliphatic carbocycles. The summed E-state index contributed by atoms with van der Waals surface area (Å²) in [5, 5.41) is 4.76. The minimum Gasteiger partial charge on any atom is -0.453 e. The van der Waals surface area contributed by atoms with Crippen LogP contribution in [0.5, 0.6) is 0 Å². The number of nitrogens with zero attached hydrogens (tertiary/aromatic N) is 4. The highest BCUT2D eigenvalue weighted by Gasteiger charge is 2.44. The summed E-state index contributed by atoms with van der Waals surface area (Å²) < 4.78 is 12.3. The van der Waals surface area contributed by atoms with Gasteiger partial charge >= 0.3 is 0 Å². The van der Waals surface area contributed by atoms with Crippen molar-refractivity contribution in [3.63, 3.8) is 0 Å². The fraction of sp³-hybridized carbons (Fsp3) is 0.250. The van der Waals surface area contributed by atoms with Crippen LogP contribution in [-0.4, -0.2) is 25.8 Å². The van der Waals surface area contributed by atoms with Crippen LogP contribution in [0.25, 0.3) is 88.9 Å². The first-order valence-corrected chi connectivity index (χ1v) is 22.6. The fourth-order valence-electron chi connectivity index (χ4n) is 11.7. The Hall–Kier alpha value is -6.40. The molecule has 302 valence electrons. The van der Waals surface area contributed by atoms with Crippen molar-refractivity contribution in [2.24, 2.45) is 0 Å². The minimum atomic E-state index is -0.129. The largest absolute Gasteiger partial charge is 0.453 e. The van der Waals surface area contributed by atoms with Gasteiger partial charge in [0, 0.05) is 38.8 Å². The number of rotatable bonds is 2. The Morgan fingerprint density at radius 2 is 1.24 bits per heavy atom. The number of hydrogen-bond acceptors (Lipinski definition) is 3. The Morgan fingerprint density at radius 1 is 0.597 bits per heavy atom. The zero-order valence-corrected chi connectivity index (χ0v) is 36.9. The van der Waals surface area contributed by atoms with Crippen LogP contribution in [0.3, 0.4) is 0 Å². The zero-order chi connectivity index (χ0) is 42.1. The predicted molar refractivity (Wildman–Crippen MR) is 260 cm³/mol. The van der Waals surface area contributed by atoms with Crippen molar-refractivity contribution < 1.29 is 4.42 Å². The molecule has 0 unspecified atom stereocenters. The summed E-state index contributed by atoms with van der Waals surface area (Å²) in [6.07, 6.45) is 4.54. The van der Waals surface area contributed by atoms with Gasteiger partial charge in [0.1, 0.15) is 22.7 Å². The van der Waals surface area contributed by atoms with Gasteiger partial charge in [-0.1, -0.05) is 126 Å². The first-order valence-electron chi connectivity index (χ1n) is 22.6. The van der Waals surface area contributed by atoms with E-state index in [4.69, 9.17) is 14.4 Å². The summed E-state index contributed by atoms with van der Waals surface area (Å²) >= 11 is 0. The normalized spacial score (nSPS) is 14.5. The van der Waals surface area contributed by atoms with Gasteiger partial charge in [-0.05, 0) is 124 Å². The summed E-state index contributed by atoms with van der Waals surface area (Å²) in [6.45, 7) is 18.3. The molecule has 13 rings (SSSR count). The molecule has 0 bridgehead atoms. The van der Waals surface area contributed by atoms with Crippen LogP contribution in [0, 0.1) is 13.8 Å². The summed E-state index contributed by atoms with van der Waals surface area (Å²) in [4.78, 5) is 11.6. The second-order valence-corrected chi connectivity index (χ2v) is 20.5. The Labute approximate surface area is 362 Å². The van der Waals surface area contributed by atoms with E-state index >= 15 is 0 Å². The minimum absolute atomic E-state index is 0.0275. The molecule has 0 saturated carbocycles. The molecule has 0 radical (unpaired) electrons. The first kappa shape index (κ1) is 36.3. The second kappa shape index (κ2) is 12.2. The van der Waals surface area contributed by atoms with E-state index < -0.39 is 0 Å². The third-order valence-corrected chi connectivity index (χ3v) is 14.6. The number of imidazole rings is 2. The van der Waals surface area contributed by atoms with Crippen LogP contribution in [0.1, 0.15) is 87.8 Å². The molecule has 0 N–H and O–H groups in total. The zero-order valence-electron chi connectivity index (χ0n) is 36.9. The average Bonchev–Trinajstić information content (AvgIpc) is 3.95. The highest BCUT2D eigenvalue weighted by Crippen LogP contribution is 2.45. The van der Waals surface area contributed by atoms with Gasteiger partial charge in [0.25, 0.3) is 6.71 Å². The molecule has 6 heteroatoms. The maximum Gasteiger partial charge on any atom is 0.252 e. The molecule has 0 amide bonds. The van der Waals surface area contributed by atoms with Crippen molar-refractivity contribution in [2.75, 3.05) is 0 Å². The van der Waals surface area contributed by atoms with Crippen molar-refractivity contribution in [1.82, 2.24) is 19.1 Å².